The highest BCUT2D eigenvalue weighted by atomic mass is 16.5. The van der Waals surface area contributed by atoms with Crippen LogP contribution in [0.5, 0.6) is 0 Å². The number of hydrogen-bond acceptors (Lipinski definition) is 5. The summed E-state index contributed by atoms with van der Waals surface area (Å²) < 4.78 is 5.47. The maximum absolute atomic E-state index is 12.9. The van der Waals surface area contributed by atoms with Crippen LogP contribution in [0.1, 0.15) is 35.7 Å². The molecule has 2 amide bonds. The van der Waals surface area contributed by atoms with Crippen molar-refractivity contribution in [2.45, 2.75) is 38.3 Å². The van der Waals surface area contributed by atoms with Crippen molar-refractivity contribution in [3.05, 3.63) is 53.6 Å². The van der Waals surface area contributed by atoms with Crippen LogP contribution in [0.15, 0.2) is 42.5 Å². The van der Waals surface area contributed by atoms with Crippen LogP contribution < -0.4 is 15.1 Å². The standard InChI is InChI=1S/C23H23N3O4/c1-14(22(28)26-12-10-15-5-2-3-6-18(15)26)30-23(29)16-8-9-19-17(13-16)24-21(27)20-7-4-11-25(19)20/h2-3,5-6,8-9,13-14,20H,4,7,10-12H2,1H3,(H,24,27)/t14-,20+/m1/s1. The van der Waals surface area contributed by atoms with Crippen LogP contribution in [-0.2, 0) is 20.7 Å². The molecule has 1 fully saturated rings. The molecule has 2 aromatic rings. The first-order valence-electron chi connectivity index (χ1n) is 10.3. The Morgan fingerprint density at radius 3 is 2.83 bits per heavy atom. The lowest BCUT2D eigenvalue weighted by Crippen LogP contribution is -2.44. The molecule has 7 heteroatoms. The van der Waals surface area contributed by atoms with Crippen LogP contribution in [0.2, 0.25) is 0 Å². The van der Waals surface area contributed by atoms with Gasteiger partial charge in [-0.3, -0.25) is 9.59 Å². The van der Waals surface area contributed by atoms with Gasteiger partial charge in [-0.2, -0.15) is 0 Å². The van der Waals surface area contributed by atoms with Gasteiger partial charge in [-0.25, -0.2) is 4.79 Å². The first-order valence-corrected chi connectivity index (χ1v) is 10.3. The summed E-state index contributed by atoms with van der Waals surface area (Å²) in [6, 6.07) is 12.8. The average Bonchev–Trinajstić information content (AvgIpc) is 3.40. The summed E-state index contributed by atoms with van der Waals surface area (Å²) in [5, 5.41) is 2.89. The lowest BCUT2D eigenvalue weighted by molar-refractivity contribution is -0.126. The first kappa shape index (κ1) is 18.7. The maximum Gasteiger partial charge on any atom is 0.338 e. The molecule has 3 heterocycles. The van der Waals surface area contributed by atoms with Crippen molar-refractivity contribution >= 4 is 34.8 Å². The fourth-order valence-corrected chi connectivity index (χ4v) is 4.62. The van der Waals surface area contributed by atoms with E-state index >= 15 is 0 Å². The van der Waals surface area contributed by atoms with Crippen LogP contribution in [0.4, 0.5) is 17.1 Å². The Bertz CT molecular complexity index is 1050. The molecule has 2 atom stereocenters. The molecule has 0 bridgehead atoms. The molecular weight excluding hydrogens is 382 g/mol. The maximum atomic E-state index is 12.9. The van der Waals surface area contributed by atoms with Crippen LogP contribution in [0.25, 0.3) is 0 Å². The van der Waals surface area contributed by atoms with Gasteiger partial charge in [-0.15, -0.1) is 0 Å². The van der Waals surface area contributed by atoms with Crippen molar-refractivity contribution in [1.29, 1.82) is 0 Å². The van der Waals surface area contributed by atoms with E-state index < -0.39 is 12.1 Å². The summed E-state index contributed by atoms with van der Waals surface area (Å²) in [4.78, 5) is 41.6. The third-order valence-corrected chi connectivity index (χ3v) is 6.14. The molecule has 5 rings (SSSR count). The number of rotatable bonds is 3. The molecule has 7 nitrogen and oxygen atoms in total. The van der Waals surface area contributed by atoms with E-state index in [1.54, 1.807) is 24.0 Å². The van der Waals surface area contributed by atoms with E-state index in [-0.39, 0.29) is 17.9 Å². The molecule has 0 aromatic heterocycles. The first-order chi connectivity index (χ1) is 14.5. The van der Waals surface area contributed by atoms with Gasteiger partial charge in [0.05, 0.1) is 16.9 Å². The van der Waals surface area contributed by atoms with Gasteiger partial charge in [-0.05, 0) is 56.0 Å². The van der Waals surface area contributed by atoms with E-state index in [2.05, 4.69) is 10.2 Å². The van der Waals surface area contributed by atoms with E-state index in [0.29, 0.717) is 17.8 Å². The van der Waals surface area contributed by atoms with E-state index in [1.165, 1.54) is 0 Å². The summed E-state index contributed by atoms with van der Waals surface area (Å²) in [6.07, 6.45) is 1.71. The summed E-state index contributed by atoms with van der Waals surface area (Å²) in [7, 11) is 0. The second kappa shape index (κ2) is 7.16. The predicted octanol–water partition coefficient (Wildman–Crippen LogP) is 2.74. The number of amides is 2. The third-order valence-electron chi connectivity index (χ3n) is 6.14. The molecule has 1 saturated heterocycles. The fraction of sp³-hybridized carbons (Fsp3) is 0.348. The molecule has 3 aliphatic rings. The monoisotopic (exact) mass is 405 g/mol. The highest BCUT2D eigenvalue weighted by molar-refractivity contribution is 6.06. The zero-order valence-corrected chi connectivity index (χ0v) is 16.8. The van der Waals surface area contributed by atoms with E-state index in [1.807, 2.05) is 30.3 Å². The van der Waals surface area contributed by atoms with Crippen molar-refractivity contribution in [2.24, 2.45) is 0 Å². The molecule has 0 saturated carbocycles. The number of fused-ring (bicyclic) bond motifs is 4. The SMILES string of the molecule is C[C@@H](OC(=O)c1ccc2c(c1)NC(=O)[C@@H]1CCCN21)C(=O)N1CCc2ccccc21. The minimum absolute atomic E-state index is 0.0400. The number of ether oxygens (including phenoxy) is 1. The van der Waals surface area contributed by atoms with E-state index in [9.17, 15) is 14.4 Å². The quantitative estimate of drug-likeness (QED) is 0.795. The third kappa shape index (κ3) is 3.01. The lowest BCUT2D eigenvalue weighted by atomic mass is 10.1. The van der Waals surface area contributed by atoms with Crippen molar-refractivity contribution in [1.82, 2.24) is 0 Å². The number of carbonyl (C=O) groups is 3. The van der Waals surface area contributed by atoms with Gasteiger partial charge < -0.3 is 19.9 Å². The minimum Gasteiger partial charge on any atom is -0.449 e. The smallest absolute Gasteiger partial charge is 0.338 e. The van der Waals surface area contributed by atoms with Crippen molar-refractivity contribution < 1.29 is 19.1 Å². The topological polar surface area (TPSA) is 79.0 Å². The van der Waals surface area contributed by atoms with Gasteiger partial charge in [0.1, 0.15) is 6.04 Å². The second-order valence-corrected chi connectivity index (χ2v) is 7.99. The average molecular weight is 405 g/mol. The van der Waals surface area contributed by atoms with Crippen molar-refractivity contribution in [3.8, 4) is 0 Å². The summed E-state index contributed by atoms with van der Waals surface area (Å²) >= 11 is 0. The summed E-state index contributed by atoms with van der Waals surface area (Å²) in [5.41, 5.74) is 3.84. The number of benzene rings is 2. The molecule has 2 aromatic carbocycles. The molecule has 0 spiro atoms. The highest BCUT2D eigenvalue weighted by Crippen LogP contribution is 2.37. The Balaban J connectivity index is 1.31. The zero-order valence-electron chi connectivity index (χ0n) is 16.8. The van der Waals surface area contributed by atoms with Gasteiger partial charge in [-0.1, -0.05) is 18.2 Å². The molecule has 1 N–H and O–H groups in total. The number of hydrogen-bond donors (Lipinski definition) is 1. The van der Waals surface area contributed by atoms with Gasteiger partial charge >= 0.3 is 5.97 Å². The van der Waals surface area contributed by atoms with E-state index in [0.717, 1.165) is 42.7 Å². The number of nitrogens with zero attached hydrogens (tertiary/aromatic N) is 2. The fourth-order valence-electron chi connectivity index (χ4n) is 4.62. The Morgan fingerprint density at radius 2 is 1.97 bits per heavy atom. The molecule has 30 heavy (non-hydrogen) atoms. The van der Waals surface area contributed by atoms with Gasteiger partial charge in [0.25, 0.3) is 5.91 Å². The van der Waals surface area contributed by atoms with Crippen LogP contribution in [-0.4, -0.2) is 43.0 Å². The summed E-state index contributed by atoms with van der Waals surface area (Å²) in [6.45, 7) is 3.01. The van der Waals surface area contributed by atoms with Crippen molar-refractivity contribution in [3.63, 3.8) is 0 Å². The normalized spacial score (nSPS) is 20.2. The van der Waals surface area contributed by atoms with E-state index in [4.69, 9.17) is 4.74 Å². The van der Waals surface area contributed by atoms with Gasteiger partial charge in [0.2, 0.25) is 5.91 Å². The van der Waals surface area contributed by atoms with Crippen LogP contribution in [0, 0.1) is 0 Å². The highest BCUT2D eigenvalue weighted by Gasteiger charge is 2.37. The molecule has 0 aliphatic carbocycles. The van der Waals surface area contributed by atoms with Crippen LogP contribution in [0.3, 0.4) is 0 Å². The number of anilines is 3. The second-order valence-electron chi connectivity index (χ2n) is 7.99. The van der Waals surface area contributed by atoms with Crippen molar-refractivity contribution in [2.75, 3.05) is 28.2 Å². The molecule has 0 radical (unpaired) electrons. The Hall–Kier alpha value is -3.35. The summed E-state index contributed by atoms with van der Waals surface area (Å²) in [5.74, 6) is -0.856. The number of carbonyl (C=O) groups excluding carboxylic acids is 3. The molecule has 0 unspecified atom stereocenters. The van der Waals surface area contributed by atoms with Gasteiger partial charge in [0.15, 0.2) is 6.10 Å². The zero-order chi connectivity index (χ0) is 20.8. The van der Waals surface area contributed by atoms with Gasteiger partial charge in [0, 0.05) is 18.8 Å². The Morgan fingerprint density at radius 1 is 1.13 bits per heavy atom. The minimum atomic E-state index is -0.905. The Kier molecular flexibility index (Phi) is 4.46. The number of nitrogens with one attached hydrogen (secondary N) is 1. The number of esters is 1. The van der Waals surface area contributed by atoms with Crippen LogP contribution >= 0.6 is 0 Å². The Labute approximate surface area is 174 Å². The predicted molar refractivity (Wildman–Crippen MR) is 113 cm³/mol. The molecule has 3 aliphatic heterocycles. The molecular formula is C23H23N3O4. The molecule has 154 valence electrons. The largest absolute Gasteiger partial charge is 0.449 e. The number of para-hydroxylation sites is 1. The lowest BCUT2D eigenvalue weighted by Gasteiger charge is -2.33.